The third kappa shape index (κ3) is 4.35. The Morgan fingerprint density at radius 1 is 2.00 bits per heavy atom. The summed E-state index contributed by atoms with van der Waals surface area (Å²) in [6.45, 7) is 2.82. The Balaban J connectivity index is 2.63. The molecular weight excluding hydrogens is 95.0 g/mol. The van der Waals surface area contributed by atoms with E-state index >= 15 is 0 Å². The Labute approximate surface area is 40.7 Å². The van der Waals surface area contributed by atoms with Crippen LogP contribution in [-0.2, 0) is 0 Å². The van der Waals surface area contributed by atoms with Gasteiger partial charge in [-0.15, -0.1) is 0 Å². The van der Waals surface area contributed by atoms with Crippen LogP contribution in [0.4, 0.5) is 0 Å². The van der Waals surface area contributed by atoms with Crippen molar-refractivity contribution in [2.24, 2.45) is 5.73 Å². The maximum absolute atomic E-state index is 5.33. The normalized spacial score (nSPS) is 14.5. The molecule has 38 valence electrons. The van der Waals surface area contributed by atoms with E-state index in [0.29, 0.717) is 0 Å². The summed E-state index contributed by atoms with van der Waals surface area (Å²) >= 11 is 0. The second-order valence-electron chi connectivity index (χ2n) is 1.39. The summed E-state index contributed by atoms with van der Waals surface area (Å²) < 4.78 is 0. The van der Waals surface area contributed by atoms with Crippen molar-refractivity contribution in [3.63, 3.8) is 0 Å². The summed E-state index contributed by atoms with van der Waals surface area (Å²) in [5.74, 6) is 0. The van der Waals surface area contributed by atoms with E-state index in [-0.39, 0.29) is 6.04 Å². The van der Waals surface area contributed by atoms with Crippen LogP contribution in [0.5, 0.6) is 0 Å². The zero-order valence-electron chi connectivity index (χ0n) is 3.94. The molecule has 0 aromatic rings. The standard InChI is InChI=1S/C3H11N2P/c1-3(4)2-5-6/h3,5H,2,4,6H2,1H3. The molecule has 0 aromatic carbocycles. The molecule has 0 aromatic heterocycles. The van der Waals surface area contributed by atoms with Crippen molar-refractivity contribution >= 4 is 9.39 Å². The van der Waals surface area contributed by atoms with Crippen molar-refractivity contribution in [3.05, 3.63) is 0 Å². The fourth-order valence-corrected chi connectivity index (χ4v) is 0.558. The largest absolute Gasteiger partial charge is 0.327 e. The fourth-order valence-electron chi connectivity index (χ4n) is 0.186. The van der Waals surface area contributed by atoms with Gasteiger partial charge in [0.2, 0.25) is 0 Å². The van der Waals surface area contributed by atoms with Gasteiger partial charge in [-0.3, -0.25) is 5.09 Å². The van der Waals surface area contributed by atoms with Crippen LogP contribution in [0.2, 0.25) is 0 Å². The molecule has 0 saturated carbocycles. The van der Waals surface area contributed by atoms with Crippen LogP contribution in [0.25, 0.3) is 0 Å². The highest BCUT2D eigenvalue weighted by Gasteiger charge is 1.84. The summed E-state index contributed by atoms with van der Waals surface area (Å²) in [5.41, 5.74) is 5.33. The highest BCUT2D eigenvalue weighted by atomic mass is 31.0. The van der Waals surface area contributed by atoms with E-state index in [9.17, 15) is 0 Å². The van der Waals surface area contributed by atoms with Crippen molar-refractivity contribution in [1.29, 1.82) is 0 Å². The molecule has 0 aliphatic carbocycles. The second kappa shape index (κ2) is 3.54. The van der Waals surface area contributed by atoms with E-state index in [1.165, 1.54) is 0 Å². The van der Waals surface area contributed by atoms with E-state index in [0.717, 1.165) is 6.54 Å². The number of nitrogens with one attached hydrogen (secondary N) is 1. The summed E-state index contributed by atoms with van der Waals surface area (Å²) in [7, 11) is 2.39. The minimum atomic E-state index is 0.266. The van der Waals surface area contributed by atoms with Crippen molar-refractivity contribution in [2.75, 3.05) is 6.54 Å². The SMILES string of the molecule is CC(N)CNP. The van der Waals surface area contributed by atoms with Gasteiger partial charge < -0.3 is 5.73 Å². The van der Waals surface area contributed by atoms with Crippen LogP contribution in [-0.4, -0.2) is 12.6 Å². The number of rotatable bonds is 2. The van der Waals surface area contributed by atoms with Gasteiger partial charge in [-0.2, -0.15) is 0 Å². The average Bonchev–Trinajstić information content (AvgIpc) is 1.35. The lowest BCUT2D eigenvalue weighted by Gasteiger charge is -1.98. The Morgan fingerprint density at radius 3 is 2.50 bits per heavy atom. The molecule has 0 radical (unpaired) electrons. The number of nitrogens with two attached hydrogens (primary N) is 1. The van der Waals surface area contributed by atoms with Gasteiger partial charge in [-0.05, 0) is 6.92 Å². The van der Waals surface area contributed by atoms with Crippen molar-refractivity contribution in [2.45, 2.75) is 13.0 Å². The quantitative estimate of drug-likeness (QED) is 0.475. The van der Waals surface area contributed by atoms with Crippen LogP contribution >= 0.6 is 9.39 Å². The van der Waals surface area contributed by atoms with Crippen molar-refractivity contribution < 1.29 is 0 Å². The van der Waals surface area contributed by atoms with Crippen molar-refractivity contribution in [1.82, 2.24) is 5.09 Å². The fraction of sp³-hybridized carbons (Fsp3) is 1.00. The van der Waals surface area contributed by atoms with Gasteiger partial charge in [0.05, 0.1) is 0 Å². The van der Waals surface area contributed by atoms with Gasteiger partial charge >= 0.3 is 0 Å². The Morgan fingerprint density at radius 2 is 2.50 bits per heavy atom. The zero-order valence-corrected chi connectivity index (χ0v) is 5.09. The molecule has 3 heteroatoms. The predicted molar refractivity (Wildman–Crippen MR) is 31.4 cm³/mol. The lowest BCUT2D eigenvalue weighted by molar-refractivity contribution is 0.724. The first-order valence-electron chi connectivity index (χ1n) is 1.96. The monoisotopic (exact) mass is 106 g/mol. The molecule has 3 N–H and O–H groups in total. The molecule has 2 atom stereocenters. The molecule has 2 unspecified atom stereocenters. The van der Waals surface area contributed by atoms with E-state index in [1.807, 2.05) is 6.92 Å². The lowest BCUT2D eigenvalue weighted by atomic mass is 10.4. The van der Waals surface area contributed by atoms with Gasteiger partial charge in [-0.25, -0.2) is 0 Å². The lowest BCUT2D eigenvalue weighted by Crippen LogP contribution is -2.25. The highest BCUT2D eigenvalue weighted by molar-refractivity contribution is 7.13. The summed E-state index contributed by atoms with van der Waals surface area (Å²) in [4.78, 5) is 0. The number of hydrogen-bond acceptors (Lipinski definition) is 2. The summed E-state index contributed by atoms with van der Waals surface area (Å²) in [6, 6.07) is 0.266. The first-order chi connectivity index (χ1) is 2.77. The van der Waals surface area contributed by atoms with Crippen LogP contribution in [0.3, 0.4) is 0 Å². The van der Waals surface area contributed by atoms with Crippen LogP contribution in [0, 0.1) is 0 Å². The topological polar surface area (TPSA) is 38.0 Å². The molecule has 0 aliphatic heterocycles. The smallest absolute Gasteiger partial charge is 0.0139 e. The average molecular weight is 106 g/mol. The molecule has 2 nitrogen and oxygen atoms in total. The Kier molecular flexibility index (Phi) is 3.74. The van der Waals surface area contributed by atoms with Crippen molar-refractivity contribution in [3.8, 4) is 0 Å². The minimum absolute atomic E-state index is 0.266. The van der Waals surface area contributed by atoms with Gasteiger partial charge in [0.15, 0.2) is 0 Å². The third-order valence-electron chi connectivity index (χ3n) is 0.440. The first-order valence-corrected chi connectivity index (χ1v) is 2.54. The molecular formula is C3H11N2P. The maximum atomic E-state index is 5.33. The second-order valence-corrected chi connectivity index (χ2v) is 1.79. The molecule has 0 fully saturated rings. The van der Waals surface area contributed by atoms with Gasteiger partial charge in [0, 0.05) is 12.6 Å². The minimum Gasteiger partial charge on any atom is -0.327 e. The molecule has 0 rings (SSSR count). The number of hydrogen-bond donors (Lipinski definition) is 2. The van der Waals surface area contributed by atoms with Gasteiger partial charge in [-0.1, -0.05) is 9.39 Å². The van der Waals surface area contributed by atoms with Crippen LogP contribution < -0.4 is 10.8 Å². The molecule has 0 bridgehead atoms. The van der Waals surface area contributed by atoms with E-state index in [1.54, 1.807) is 0 Å². The van der Waals surface area contributed by atoms with E-state index in [4.69, 9.17) is 5.73 Å². The molecule has 0 spiro atoms. The maximum Gasteiger partial charge on any atom is 0.0139 e. The zero-order chi connectivity index (χ0) is 4.99. The molecule has 0 saturated heterocycles. The van der Waals surface area contributed by atoms with Gasteiger partial charge in [0.1, 0.15) is 0 Å². The van der Waals surface area contributed by atoms with E-state index in [2.05, 4.69) is 14.5 Å². The third-order valence-corrected chi connectivity index (χ3v) is 0.676. The Bertz CT molecular complexity index is 30.0. The summed E-state index contributed by atoms with van der Waals surface area (Å²) in [6.07, 6.45) is 0. The first kappa shape index (κ1) is 6.35. The highest BCUT2D eigenvalue weighted by Crippen LogP contribution is 1.71. The van der Waals surface area contributed by atoms with Gasteiger partial charge in [0.25, 0.3) is 0 Å². The molecule has 0 amide bonds. The van der Waals surface area contributed by atoms with Crippen LogP contribution in [0.1, 0.15) is 6.92 Å². The Hall–Kier alpha value is 0.350. The molecule has 0 heterocycles. The van der Waals surface area contributed by atoms with Crippen LogP contribution in [0.15, 0.2) is 0 Å². The van der Waals surface area contributed by atoms with E-state index < -0.39 is 0 Å². The molecule has 0 aliphatic rings. The predicted octanol–water partition coefficient (Wildman–Crippen LogP) is -0.287. The summed E-state index contributed by atoms with van der Waals surface area (Å²) in [5, 5.41) is 2.86. The molecule has 6 heavy (non-hydrogen) atoms.